The second kappa shape index (κ2) is 5.19. The number of carbonyl (C=O) groups excluding carboxylic acids is 1. The van der Waals surface area contributed by atoms with Gasteiger partial charge in [-0.2, -0.15) is 0 Å². The molecule has 2 unspecified atom stereocenters. The SMILES string of the molecule is CC1CCCCC1(Nc1ccc(Cl)cc1)C(N)=O. The van der Waals surface area contributed by atoms with Crippen LogP contribution in [0.5, 0.6) is 0 Å². The Morgan fingerprint density at radius 3 is 2.61 bits per heavy atom. The minimum absolute atomic E-state index is 0.249. The van der Waals surface area contributed by atoms with Gasteiger partial charge in [0.15, 0.2) is 0 Å². The van der Waals surface area contributed by atoms with Crippen LogP contribution in [0.25, 0.3) is 0 Å². The van der Waals surface area contributed by atoms with Gasteiger partial charge in [0.2, 0.25) is 5.91 Å². The van der Waals surface area contributed by atoms with Crippen LogP contribution >= 0.6 is 11.6 Å². The van der Waals surface area contributed by atoms with Crippen molar-refractivity contribution in [1.82, 2.24) is 0 Å². The van der Waals surface area contributed by atoms with Gasteiger partial charge in [0.1, 0.15) is 5.54 Å². The second-order valence-electron chi connectivity index (χ2n) is 5.11. The number of amides is 1. The molecule has 1 aliphatic rings. The number of benzene rings is 1. The summed E-state index contributed by atoms with van der Waals surface area (Å²) in [7, 11) is 0. The van der Waals surface area contributed by atoms with E-state index >= 15 is 0 Å². The third-order valence-corrected chi connectivity index (χ3v) is 4.20. The maximum absolute atomic E-state index is 11.9. The number of primary amides is 1. The minimum Gasteiger partial charge on any atom is -0.371 e. The van der Waals surface area contributed by atoms with E-state index in [9.17, 15) is 4.79 Å². The third kappa shape index (κ3) is 2.46. The molecule has 4 heteroatoms. The lowest BCUT2D eigenvalue weighted by Gasteiger charge is -2.41. The molecule has 0 spiro atoms. The monoisotopic (exact) mass is 266 g/mol. The molecule has 0 aromatic heterocycles. The topological polar surface area (TPSA) is 55.1 Å². The van der Waals surface area contributed by atoms with Crippen LogP contribution in [-0.4, -0.2) is 11.4 Å². The molecule has 98 valence electrons. The van der Waals surface area contributed by atoms with E-state index in [1.54, 1.807) is 0 Å². The largest absolute Gasteiger partial charge is 0.371 e. The first-order chi connectivity index (χ1) is 8.54. The van der Waals surface area contributed by atoms with Gasteiger partial charge in [0.05, 0.1) is 0 Å². The van der Waals surface area contributed by atoms with Crippen LogP contribution in [-0.2, 0) is 4.79 Å². The molecular weight excluding hydrogens is 248 g/mol. The maximum Gasteiger partial charge on any atom is 0.243 e. The number of hydrogen-bond acceptors (Lipinski definition) is 2. The van der Waals surface area contributed by atoms with E-state index in [1.807, 2.05) is 24.3 Å². The Balaban J connectivity index is 2.25. The molecule has 1 aromatic carbocycles. The third-order valence-electron chi connectivity index (χ3n) is 3.95. The van der Waals surface area contributed by atoms with Gasteiger partial charge < -0.3 is 11.1 Å². The molecule has 1 aromatic rings. The van der Waals surface area contributed by atoms with Crippen LogP contribution in [0, 0.1) is 5.92 Å². The van der Waals surface area contributed by atoms with Crippen molar-refractivity contribution in [3.05, 3.63) is 29.3 Å². The van der Waals surface area contributed by atoms with Crippen molar-refractivity contribution in [3.63, 3.8) is 0 Å². The van der Waals surface area contributed by atoms with Gasteiger partial charge in [-0.25, -0.2) is 0 Å². The zero-order valence-electron chi connectivity index (χ0n) is 10.6. The summed E-state index contributed by atoms with van der Waals surface area (Å²) in [5, 5.41) is 4.02. The summed E-state index contributed by atoms with van der Waals surface area (Å²) in [6.45, 7) is 2.09. The quantitative estimate of drug-likeness (QED) is 0.883. The van der Waals surface area contributed by atoms with E-state index < -0.39 is 5.54 Å². The number of hydrogen-bond donors (Lipinski definition) is 2. The lowest BCUT2D eigenvalue weighted by Crippen LogP contribution is -2.56. The maximum atomic E-state index is 11.9. The van der Waals surface area contributed by atoms with Crippen LogP contribution in [0.1, 0.15) is 32.6 Å². The molecule has 0 bridgehead atoms. The van der Waals surface area contributed by atoms with Gasteiger partial charge in [-0.15, -0.1) is 0 Å². The Hall–Kier alpha value is -1.22. The van der Waals surface area contributed by atoms with Crippen LogP contribution < -0.4 is 11.1 Å². The van der Waals surface area contributed by atoms with Gasteiger partial charge in [-0.1, -0.05) is 31.4 Å². The molecule has 3 nitrogen and oxygen atoms in total. The predicted octanol–water partition coefficient (Wildman–Crippen LogP) is 3.19. The van der Waals surface area contributed by atoms with Crippen molar-refractivity contribution in [3.8, 4) is 0 Å². The summed E-state index contributed by atoms with van der Waals surface area (Å²) < 4.78 is 0. The standard InChI is InChI=1S/C14H19ClN2O/c1-10-4-2-3-9-14(10,13(16)18)17-12-7-5-11(15)6-8-12/h5-8,10,17H,2-4,9H2,1H3,(H2,16,18). The Labute approximate surface area is 113 Å². The van der Waals surface area contributed by atoms with E-state index in [0.717, 1.165) is 24.9 Å². The summed E-state index contributed by atoms with van der Waals surface area (Å²) in [4.78, 5) is 11.9. The lowest BCUT2D eigenvalue weighted by molar-refractivity contribution is -0.124. The van der Waals surface area contributed by atoms with Crippen LogP contribution in [0.2, 0.25) is 5.02 Å². The van der Waals surface area contributed by atoms with E-state index in [2.05, 4.69) is 12.2 Å². The van der Waals surface area contributed by atoms with E-state index in [-0.39, 0.29) is 11.8 Å². The molecule has 1 saturated carbocycles. The molecule has 0 saturated heterocycles. The van der Waals surface area contributed by atoms with Crippen LogP contribution in [0.4, 0.5) is 5.69 Å². The van der Waals surface area contributed by atoms with E-state index in [0.29, 0.717) is 5.02 Å². The number of rotatable bonds is 3. The fourth-order valence-corrected chi connectivity index (χ4v) is 2.88. The fourth-order valence-electron chi connectivity index (χ4n) is 2.75. The molecule has 0 heterocycles. The summed E-state index contributed by atoms with van der Waals surface area (Å²) in [5.74, 6) is -0.0101. The molecule has 18 heavy (non-hydrogen) atoms. The molecule has 1 aliphatic carbocycles. The molecule has 3 N–H and O–H groups in total. The molecule has 1 fully saturated rings. The van der Waals surface area contributed by atoms with Gasteiger partial charge in [-0.05, 0) is 43.0 Å². The highest BCUT2D eigenvalue weighted by Gasteiger charge is 2.43. The van der Waals surface area contributed by atoms with Crippen molar-refractivity contribution in [2.24, 2.45) is 11.7 Å². The number of anilines is 1. The smallest absolute Gasteiger partial charge is 0.243 e. The average Bonchev–Trinajstić information content (AvgIpc) is 2.35. The normalized spacial score (nSPS) is 27.8. The van der Waals surface area contributed by atoms with Crippen LogP contribution in [0.3, 0.4) is 0 Å². The molecule has 2 rings (SSSR count). The number of nitrogens with one attached hydrogen (secondary N) is 1. The molecule has 2 atom stereocenters. The van der Waals surface area contributed by atoms with Crippen molar-refractivity contribution in [2.45, 2.75) is 38.1 Å². The van der Waals surface area contributed by atoms with E-state index in [4.69, 9.17) is 17.3 Å². The summed E-state index contributed by atoms with van der Waals surface area (Å²) in [6, 6.07) is 7.39. The summed E-state index contributed by atoms with van der Waals surface area (Å²) in [5.41, 5.74) is 5.92. The minimum atomic E-state index is -0.619. The highest BCUT2D eigenvalue weighted by molar-refractivity contribution is 6.30. The lowest BCUT2D eigenvalue weighted by atomic mass is 9.73. The molecule has 0 radical (unpaired) electrons. The zero-order chi connectivity index (χ0) is 13.2. The Kier molecular flexibility index (Phi) is 3.81. The Morgan fingerprint density at radius 1 is 1.39 bits per heavy atom. The number of nitrogens with two attached hydrogens (primary N) is 1. The molecular formula is C14H19ClN2O. The van der Waals surface area contributed by atoms with Gasteiger partial charge in [-0.3, -0.25) is 4.79 Å². The highest BCUT2D eigenvalue weighted by atomic mass is 35.5. The Morgan fingerprint density at radius 2 is 2.06 bits per heavy atom. The fraction of sp³-hybridized carbons (Fsp3) is 0.500. The first-order valence-corrected chi connectivity index (χ1v) is 6.76. The van der Waals surface area contributed by atoms with Crippen molar-refractivity contribution in [1.29, 1.82) is 0 Å². The van der Waals surface area contributed by atoms with E-state index in [1.165, 1.54) is 6.42 Å². The predicted molar refractivity (Wildman–Crippen MR) is 74.6 cm³/mol. The highest BCUT2D eigenvalue weighted by Crippen LogP contribution is 2.36. The zero-order valence-corrected chi connectivity index (χ0v) is 11.3. The second-order valence-corrected chi connectivity index (χ2v) is 5.55. The average molecular weight is 267 g/mol. The van der Waals surface area contributed by atoms with Gasteiger partial charge in [0, 0.05) is 10.7 Å². The summed E-state index contributed by atoms with van der Waals surface area (Å²) >= 11 is 5.86. The van der Waals surface area contributed by atoms with Crippen LogP contribution in [0.15, 0.2) is 24.3 Å². The van der Waals surface area contributed by atoms with Gasteiger partial charge >= 0.3 is 0 Å². The first-order valence-electron chi connectivity index (χ1n) is 6.38. The Bertz CT molecular complexity index is 432. The van der Waals surface area contributed by atoms with Crippen molar-refractivity contribution in [2.75, 3.05) is 5.32 Å². The number of carbonyl (C=O) groups is 1. The van der Waals surface area contributed by atoms with Gasteiger partial charge in [0.25, 0.3) is 0 Å². The van der Waals surface area contributed by atoms with Crippen molar-refractivity contribution < 1.29 is 4.79 Å². The van der Waals surface area contributed by atoms with Crippen molar-refractivity contribution >= 4 is 23.2 Å². The molecule has 0 aliphatic heterocycles. The molecule has 1 amide bonds. The first kappa shape index (κ1) is 13.2. The summed E-state index contributed by atoms with van der Waals surface area (Å²) in [6.07, 6.45) is 4.03. The number of halogens is 1.